The molecule has 0 unspecified atom stereocenters. The third-order valence-corrected chi connectivity index (χ3v) is 8.58. The van der Waals surface area contributed by atoms with E-state index in [1.807, 2.05) is 65.0 Å². The van der Waals surface area contributed by atoms with E-state index in [2.05, 4.69) is 5.32 Å². The van der Waals surface area contributed by atoms with Crippen LogP contribution in [0, 0.1) is 40.5 Å². The minimum absolute atomic E-state index is 0.0340. The van der Waals surface area contributed by atoms with Gasteiger partial charge in [-0.3, -0.25) is 4.79 Å². The van der Waals surface area contributed by atoms with Gasteiger partial charge in [0.05, 0.1) is 11.4 Å². The summed E-state index contributed by atoms with van der Waals surface area (Å²) < 4.78 is 34.0. The van der Waals surface area contributed by atoms with E-state index in [9.17, 15) is 13.2 Å². The Kier molecular flexibility index (Phi) is 7.62. The molecule has 7 heteroatoms. The number of sulfonamides is 1. The van der Waals surface area contributed by atoms with Crippen LogP contribution < -0.4 is 10.1 Å². The number of benzene rings is 2. The molecule has 0 atom stereocenters. The lowest BCUT2D eigenvalue weighted by atomic mass is 9.97. The molecule has 0 aromatic heterocycles. The first-order valence-electron chi connectivity index (χ1n) is 11.2. The van der Waals surface area contributed by atoms with Gasteiger partial charge in [-0.2, -0.15) is 4.31 Å². The lowest BCUT2D eigenvalue weighted by Gasteiger charge is -2.31. The van der Waals surface area contributed by atoms with Gasteiger partial charge in [-0.25, -0.2) is 8.42 Å². The Balaban J connectivity index is 1.53. The van der Waals surface area contributed by atoms with Gasteiger partial charge < -0.3 is 10.1 Å². The highest BCUT2D eigenvalue weighted by Crippen LogP contribution is 2.31. The van der Waals surface area contributed by atoms with Gasteiger partial charge in [0.2, 0.25) is 15.9 Å². The molecule has 0 aliphatic carbocycles. The van der Waals surface area contributed by atoms with E-state index in [1.165, 1.54) is 9.87 Å². The van der Waals surface area contributed by atoms with Crippen molar-refractivity contribution >= 4 is 15.9 Å². The molecule has 1 heterocycles. The van der Waals surface area contributed by atoms with Crippen LogP contribution in [0.2, 0.25) is 0 Å². The highest BCUT2D eigenvalue weighted by molar-refractivity contribution is 7.89. The number of piperidine rings is 1. The molecular formula is C25H34N2O4S. The first-order valence-corrected chi connectivity index (χ1v) is 12.6. The minimum Gasteiger partial charge on any atom is -0.492 e. The van der Waals surface area contributed by atoms with Crippen LogP contribution in [0.5, 0.6) is 5.75 Å². The number of amides is 1. The Morgan fingerprint density at radius 2 is 1.56 bits per heavy atom. The Labute approximate surface area is 192 Å². The van der Waals surface area contributed by atoms with Crippen LogP contribution in [-0.4, -0.2) is 44.9 Å². The zero-order valence-corrected chi connectivity index (χ0v) is 20.5. The standard InChI is InChI=1S/C25H34N2O4S/c1-17-6-8-23(9-7-17)31-15-12-26-25(28)22-10-13-27(14-11-22)32(29,30)24-20(4)18(2)16-19(3)21(24)5/h6-9,16,22H,10-15H2,1-5H3,(H,26,28). The summed E-state index contributed by atoms with van der Waals surface area (Å²) in [5.41, 5.74) is 4.74. The Hall–Kier alpha value is -2.38. The molecule has 0 saturated carbocycles. The first-order chi connectivity index (χ1) is 15.1. The van der Waals surface area contributed by atoms with Crippen molar-refractivity contribution in [1.29, 1.82) is 0 Å². The summed E-state index contributed by atoms with van der Waals surface area (Å²) in [5.74, 6) is 0.566. The van der Waals surface area contributed by atoms with Crippen LogP contribution >= 0.6 is 0 Å². The monoisotopic (exact) mass is 458 g/mol. The summed E-state index contributed by atoms with van der Waals surface area (Å²) >= 11 is 0. The lowest BCUT2D eigenvalue weighted by molar-refractivity contribution is -0.126. The zero-order chi connectivity index (χ0) is 23.5. The third-order valence-electron chi connectivity index (χ3n) is 6.41. The van der Waals surface area contributed by atoms with Gasteiger partial charge in [0.1, 0.15) is 12.4 Å². The molecule has 2 aromatic carbocycles. The van der Waals surface area contributed by atoms with E-state index in [0.29, 0.717) is 44.0 Å². The zero-order valence-electron chi connectivity index (χ0n) is 19.7. The van der Waals surface area contributed by atoms with Crippen LogP contribution in [0.4, 0.5) is 0 Å². The number of aryl methyl sites for hydroxylation is 3. The Bertz CT molecular complexity index is 1040. The topological polar surface area (TPSA) is 75.7 Å². The van der Waals surface area contributed by atoms with E-state index >= 15 is 0 Å². The van der Waals surface area contributed by atoms with Crippen molar-refractivity contribution in [3.05, 3.63) is 58.1 Å². The fourth-order valence-electron chi connectivity index (χ4n) is 4.18. The second-order valence-electron chi connectivity index (χ2n) is 8.72. The number of ether oxygens (including phenoxy) is 1. The van der Waals surface area contributed by atoms with Crippen LogP contribution in [0.1, 0.15) is 40.7 Å². The molecule has 1 aliphatic rings. The van der Waals surface area contributed by atoms with Crippen molar-refractivity contribution in [1.82, 2.24) is 9.62 Å². The summed E-state index contributed by atoms with van der Waals surface area (Å²) in [7, 11) is -3.59. The molecule has 6 nitrogen and oxygen atoms in total. The van der Waals surface area contributed by atoms with E-state index < -0.39 is 10.0 Å². The van der Waals surface area contributed by atoms with Crippen molar-refractivity contribution in [2.24, 2.45) is 5.92 Å². The number of hydrogen-bond acceptors (Lipinski definition) is 4. The quantitative estimate of drug-likeness (QED) is 0.640. The average molecular weight is 459 g/mol. The van der Waals surface area contributed by atoms with Crippen molar-refractivity contribution in [3.63, 3.8) is 0 Å². The van der Waals surface area contributed by atoms with Gasteiger partial charge in [0.15, 0.2) is 0 Å². The summed E-state index contributed by atoms with van der Waals surface area (Å²) in [6.45, 7) is 11.2. The lowest BCUT2D eigenvalue weighted by Crippen LogP contribution is -2.43. The molecule has 32 heavy (non-hydrogen) atoms. The SMILES string of the molecule is Cc1ccc(OCCNC(=O)C2CCN(S(=O)(=O)c3c(C)c(C)cc(C)c3C)CC2)cc1. The second kappa shape index (κ2) is 10.0. The molecule has 1 N–H and O–H groups in total. The maximum Gasteiger partial charge on any atom is 0.243 e. The van der Waals surface area contributed by atoms with Gasteiger partial charge >= 0.3 is 0 Å². The average Bonchev–Trinajstić information content (AvgIpc) is 2.76. The van der Waals surface area contributed by atoms with Crippen LogP contribution in [0.15, 0.2) is 35.2 Å². The van der Waals surface area contributed by atoms with Crippen molar-refractivity contribution in [2.45, 2.75) is 52.4 Å². The minimum atomic E-state index is -3.59. The molecule has 1 amide bonds. The first kappa shape index (κ1) is 24.3. The van der Waals surface area contributed by atoms with Crippen LogP contribution in [-0.2, 0) is 14.8 Å². The van der Waals surface area contributed by atoms with Gasteiger partial charge in [0.25, 0.3) is 0 Å². The molecular weight excluding hydrogens is 424 g/mol. The Morgan fingerprint density at radius 3 is 2.12 bits per heavy atom. The molecule has 1 saturated heterocycles. The number of nitrogens with one attached hydrogen (secondary N) is 1. The number of carbonyl (C=O) groups is 1. The largest absolute Gasteiger partial charge is 0.492 e. The molecule has 0 spiro atoms. The van der Waals surface area contributed by atoms with E-state index in [1.54, 1.807) is 0 Å². The molecule has 1 aliphatic heterocycles. The fourth-order valence-corrected chi connectivity index (χ4v) is 6.22. The highest BCUT2D eigenvalue weighted by Gasteiger charge is 2.34. The van der Waals surface area contributed by atoms with Gasteiger partial charge in [-0.05, 0) is 81.8 Å². The summed E-state index contributed by atoms with van der Waals surface area (Å²) in [6, 6.07) is 9.81. The third kappa shape index (κ3) is 5.33. The molecule has 0 radical (unpaired) electrons. The summed E-state index contributed by atoms with van der Waals surface area (Å²) in [5, 5.41) is 2.92. The predicted molar refractivity (Wildman–Crippen MR) is 127 cm³/mol. The van der Waals surface area contributed by atoms with Crippen molar-refractivity contribution in [3.8, 4) is 5.75 Å². The van der Waals surface area contributed by atoms with E-state index in [4.69, 9.17) is 4.74 Å². The molecule has 3 rings (SSSR count). The van der Waals surface area contributed by atoms with Crippen LogP contribution in [0.25, 0.3) is 0 Å². The van der Waals surface area contributed by atoms with Gasteiger partial charge in [-0.1, -0.05) is 23.8 Å². The number of nitrogens with zero attached hydrogens (tertiary/aromatic N) is 1. The predicted octanol–water partition coefficient (Wildman–Crippen LogP) is 3.82. The molecule has 0 bridgehead atoms. The van der Waals surface area contributed by atoms with Crippen molar-refractivity contribution < 1.29 is 17.9 Å². The normalized spacial score (nSPS) is 15.5. The summed E-state index contributed by atoms with van der Waals surface area (Å²) in [6.07, 6.45) is 1.04. The fraction of sp³-hybridized carbons (Fsp3) is 0.480. The maximum atomic E-state index is 13.4. The molecule has 2 aromatic rings. The number of rotatable bonds is 7. The molecule has 174 valence electrons. The number of hydrogen-bond donors (Lipinski definition) is 1. The van der Waals surface area contributed by atoms with E-state index in [0.717, 1.165) is 28.0 Å². The Morgan fingerprint density at radius 1 is 1.00 bits per heavy atom. The second-order valence-corrected chi connectivity index (χ2v) is 10.6. The van der Waals surface area contributed by atoms with Gasteiger partial charge in [0, 0.05) is 19.0 Å². The maximum absolute atomic E-state index is 13.4. The highest BCUT2D eigenvalue weighted by atomic mass is 32.2. The van der Waals surface area contributed by atoms with E-state index in [-0.39, 0.29) is 11.8 Å². The number of carbonyl (C=O) groups excluding carboxylic acids is 1. The van der Waals surface area contributed by atoms with Crippen LogP contribution in [0.3, 0.4) is 0 Å². The van der Waals surface area contributed by atoms with Gasteiger partial charge in [-0.15, -0.1) is 0 Å². The summed E-state index contributed by atoms with van der Waals surface area (Å²) in [4.78, 5) is 13.0. The smallest absolute Gasteiger partial charge is 0.243 e. The molecule has 1 fully saturated rings. The van der Waals surface area contributed by atoms with Crippen molar-refractivity contribution in [2.75, 3.05) is 26.2 Å².